The van der Waals surface area contributed by atoms with Crippen molar-refractivity contribution in [3.05, 3.63) is 59.7 Å². The molecule has 6 heteroatoms. The Kier molecular flexibility index (Phi) is 9.38. The molecule has 2 rings (SSSR count). The molecule has 0 heterocycles. The summed E-state index contributed by atoms with van der Waals surface area (Å²) in [5.74, 6) is 1.36. The first kappa shape index (κ1) is 24.3. The molecule has 0 saturated carbocycles. The highest BCUT2D eigenvalue weighted by Gasteiger charge is 2.29. The van der Waals surface area contributed by atoms with E-state index in [9.17, 15) is 9.59 Å². The monoisotopic (exact) mass is 426 g/mol. The summed E-state index contributed by atoms with van der Waals surface area (Å²) in [5.41, 5.74) is 1.87. The van der Waals surface area contributed by atoms with E-state index >= 15 is 0 Å². The number of nitrogens with one attached hydrogen (secondary N) is 1. The standard InChI is InChI=1S/C25H34N2O4/c1-6-22(25(29)26-15-18(2)3)27(16-20-11-13-21(30-5)14-12-20)24(28)17-31-23-10-8-7-9-19(23)4/h7-14,18,22H,6,15-17H2,1-5H3,(H,26,29)/t22-/m1/s1. The average Bonchev–Trinajstić information content (AvgIpc) is 2.77. The Bertz CT molecular complexity index is 849. The van der Waals surface area contributed by atoms with E-state index in [-0.39, 0.29) is 18.4 Å². The molecule has 0 aliphatic heterocycles. The van der Waals surface area contributed by atoms with E-state index in [2.05, 4.69) is 5.32 Å². The van der Waals surface area contributed by atoms with Crippen molar-refractivity contribution in [2.45, 2.75) is 46.7 Å². The van der Waals surface area contributed by atoms with Crippen molar-refractivity contribution in [1.82, 2.24) is 10.2 Å². The van der Waals surface area contributed by atoms with Gasteiger partial charge < -0.3 is 19.7 Å². The van der Waals surface area contributed by atoms with Crippen LogP contribution in [0, 0.1) is 12.8 Å². The molecular weight excluding hydrogens is 392 g/mol. The van der Waals surface area contributed by atoms with Gasteiger partial charge in [0.05, 0.1) is 7.11 Å². The molecule has 0 unspecified atom stereocenters. The van der Waals surface area contributed by atoms with E-state index in [4.69, 9.17) is 9.47 Å². The molecule has 0 fully saturated rings. The molecule has 0 radical (unpaired) electrons. The predicted molar refractivity (Wildman–Crippen MR) is 122 cm³/mol. The Morgan fingerprint density at radius 1 is 1.06 bits per heavy atom. The summed E-state index contributed by atoms with van der Waals surface area (Å²) in [4.78, 5) is 27.7. The van der Waals surface area contributed by atoms with Gasteiger partial charge in [0.25, 0.3) is 5.91 Å². The number of hydrogen-bond acceptors (Lipinski definition) is 4. The maximum absolute atomic E-state index is 13.2. The van der Waals surface area contributed by atoms with E-state index < -0.39 is 6.04 Å². The fraction of sp³-hybridized carbons (Fsp3) is 0.440. The van der Waals surface area contributed by atoms with Crippen LogP contribution in [-0.4, -0.2) is 43.0 Å². The molecule has 1 N–H and O–H groups in total. The molecule has 0 aliphatic rings. The Hall–Kier alpha value is -3.02. The van der Waals surface area contributed by atoms with Crippen molar-refractivity contribution < 1.29 is 19.1 Å². The Labute approximate surface area is 185 Å². The number of aryl methyl sites for hydroxylation is 1. The summed E-state index contributed by atoms with van der Waals surface area (Å²) < 4.78 is 11.0. The number of rotatable bonds is 11. The zero-order chi connectivity index (χ0) is 22.8. The molecule has 0 bridgehead atoms. The summed E-state index contributed by atoms with van der Waals surface area (Å²) in [7, 11) is 1.61. The van der Waals surface area contributed by atoms with Gasteiger partial charge in [-0.2, -0.15) is 0 Å². The first-order chi connectivity index (χ1) is 14.8. The molecule has 0 aliphatic carbocycles. The zero-order valence-corrected chi connectivity index (χ0v) is 19.2. The van der Waals surface area contributed by atoms with Crippen LogP contribution >= 0.6 is 0 Å². The van der Waals surface area contributed by atoms with Gasteiger partial charge in [0.1, 0.15) is 17.5 Å². The fourth-order valence-corrected chi connectivity index (χ4v) is 3.21. The van der Waals surface area contributed by atoms with Crippen molar-refractivity contribution in [3.8, 4) is 11.5 Å². The van der Waals surface area contributed by atoms with Crippen LogP contribution in [0.3, 0.4) is 0 Å². The van der Waals surface area contributed by atoms with Crippen molar-refractivity contribution in [2.75, 3.05) is 20.3 Å². The lowest BCUT2D eigenvalue weighted by atomic mass is 10.1. The summed E-state index contributed by atoms with van der Waals surface area (Å²) in [6.07, 6.45) is 0.510. The highest BCUT2D eigenvalue weighted by atomic mass is 16.5. The van der Waals surface area contributed by atoms with Gasteiger partial charge >= 0.3 is 0 Å². The van der Waals surface area contributed by atoms with Crippen LogP contribution < -0.4 is 14.8 Å². The molecule has 168 valence electrons. The third-order valence-electron chi connectivity index (χ3n) is 5.03. The van der Waals surface area contributed by atoms with Gasteiger partial charge in [-0.05, 0) is 48.6 Å². The molecule has 2 amide bonds. The number of benzene rings is 2. The summed E-state index contributed by atoms with van der Waals surface area (Å²) >= 11 is 0. The summed E-state index contributed by atoms with van der Waals surface area (Å²) in [5, 5.41) is 2.96. The lowest BCUT2D eigenvalue weighted by molar-refractivity contribution is -0.143. The number of methoxy groups -OCH3 is 1. The molecule has 2 aromatic rings. The minimum absolute atomic E-state index is 0.130. The van der Waals surface area contributed by atoms with Crippen LogP contribution in [-0.2, 0) is 16.1 Å². The van der Waals surface area contributed by atoms with Crippen LogP contribution in [0.2, 0.25) is 0 Å². The number of para-hydroxylation sites is 1. The van der Waals surface area contributed by atoms with Gasteiger partial charge in [-0.15, -0.1) is 0 Å². The number of carbonyl (C=O) groups excluding carboxylic acids is 2. The lowest BCUT2D eigenvalue weighted by Crippen LogP contribution is -2.50. The smallest absolute Gasteiger partial charge is 0.261 e. The maximum Gasteiger partial charge on any atom is 0.261 e. The second kappa shape index (κ2) is 12.0. The van der Waals surface area contributed by atoms with Crippen molar-refractivity contribution in [1.29, 1.82) is 0 Å². The van der Waals surface area contributed by atoms with E-state index in [1.165, 1.54) is 0 Å². The quantitative estimate of drug-likeness (QED) is 0.591. The van der Waals surface area contributed by atoms with Crippen molar-refractivity contribution in [2.24, 2.45) is 5.92 Å². The summed E-state index contributed by atoms with van der Waals surface area (Å²) in [6, 6.07) is 14.5. The number of ether oxygens (including phenoxy) is 2. The van der Waals surface area contributed by atoms with E-state index in [1.54, 1.807) is 12.0 Å². The first-order valence-corrected chi connectivity index (χ1v) is 10.7. The SMILES string of the molecule is CC[C@H](C(=O)NCC(C)C)N(Cc1ccc(OC)cc1)C(=O)COc1ccccc1C. The van der Waals surface area contributed by atoms with Gasteiger partial charge in [-0.1, -0.05) is 51.1 Å². The molecule has 31 heavy (non-hydrogen) atoms. The average molecular weight is 427 g/mol. The molecular formula is C25H34N2O4. The molecule has 2 aromatic carbocycles. The topological polar surface area (TPSA) is 67.9 Å². The van der Waals surface area contributed by atoms with Crippen molar-refractivity contribution in [3.63, 3.8) is 0 Å². The largest absolute Gasteiger partial charge is 0.497 e. The number of nitrogens with zero attached hydrogens (tertiary/aromatic N) is 1. The number of hydrogen-bond donors (Lipinski definition) is 1. The molecule has 0 saturated heterocycles. The minimum Gasteiger partial charge on any atom is -0.497 e. The van der Waals surface area contributed by atoms with Gasteiger partial charge in [-0.25, -0.2) is 0 Å². The summed E-state index contributed by atoms with van der Waals surface area (Å²) in [6.45, 7) is 8.68. The molecule has 6 nitrogen and oxygen atoms in total. The highest BCUT2D eigenvalue weighted by Crippen LogP contribution is 2.19. The van der Waals surface area contributed by atoms with Crippen LogP contribution in [0.4, 0.5) is 0 Å². The Balaban J connectivity index is 2.20. The Morgan fingerprint density at radius 2 is 1.74 bits per heavy atom. The predicted octanol–water partition coefficient (Wildman–Crippen LogP) is 3.96. The highest BCUT2D eigenvalue weighted by molar-refractivity contribution is 5.88. The Morgan fingerprint density at radius 3 is 2.32 bits per heavy atom. The van der Waals surface area contributed by atoms with Crippen LogP contribution in [0.5, 0.6) is 11.5 Å². The van der Waals surface area contributed by atoms with E-state index in [1.807, 2.05) is 76.2 Å². The fourth-order valence-electron chi connectivity index (χ4n) is 3.21. The van der Waals surface area contributed by atoms with Crippen molar-refractivity contribution >= 4 is 11.8 Å². The van der Waals surface area contributed by atoms with Gasteiger partial charge in [0.2, 0.25) is 5.91 Å². The van der Waals surface area contributed by atoms with E-state index in [0.29, 0.717) is 31.2 Å². The maximum atomic E-state index is 13.2. The zero-order valence-electron chi connectivity index (χ0n) is 19.2. The second-order valence-electron chi connectivity index (χ2n) is 7.99. The first-order valence-electron chi connectivity index (χ1n) is 10.7. The molecule has 0 spiro atoms. The van der Waals surface area contributed by atoms with Gasteiger partial charge in [0.15, 0.2) is 6.61 Å². The lowest BCUT2D eigenvalue weighted by Gasteiger charge is -2.31. The third-order valence-corrected chi connectivity index (χ3v) is 5.03. The van der Waals surface area contributed by atoms with E-state index in [0.717, 1.165) is 16.9 Å². The third kappa shape index (κ3) is 7.31. The number of carbonyl (C=O) groups is 2. The molecule has 1 atom stereocenters. The second-order valence-corrected chi connectivity index (χ2v) is 7.99. The van der Waals surface area contributed by atoms with Gasteiger partial charge in [-0.3, -0.25) is 9.59 Å². The van der Waals surface area contributed by atoms with Crippen LogP contribution in [0.15, 0.2) is 48.5 Å². The minimum atomic E-state index is -0.575. The van der Waals surface area contributed by atoms with Crippen LogP contribution in [0.1, 0.15) is 38.3 Å². The number of amides is 2. The molecule has 0 aromatic heterocycles. The van der Waals surface area contributed by atoms with Gasteiger partial charge in [0, 0.05) is 13.1 Å². The normalized spacial score (nSPS) is 11.7. The van der Waals surface area contributed by atoms with Crippen LogP contribution in [0.25, 0.3) is 0 Å².